The van der Waals surface area contributed by atoms with E-state index in [1.54, 1.807) is 29.6 Å². The number of sulfonamides is 1. The fraction of sp³-hybridized carbons (Fsp3) is 0.667. The number of benzene rings is 1. The molecule has 1 unspecified atom stereocenters. The minimum absolute atomic E-state index is 0.245. The summed E-state index contributed by atoms with van der Waals surface area (Å²) < 4.78 is 33.1. The van der Waals surface area contributed by atoms with Crippen LogP contribution in [0.3, 0.4) is 0 Å². The maximum atomic E-state index is 13.1. The van der Waals surface area contributed by atoms with Gasteiger partial charge in [0.25, 0.3) is 0 Å². The van der Waals surface area contributed by atoms with E-state index in [2.05, 4.69) is 0 Å². The molecule has 1 spiro atoms. The lowest BCUT2D eigenvalue weighted by Crippen LogP contribution is -2.49. The molecule has 134 valence electrons. The topological polar surface area (TPSA) is 66.8 Å². The number of aliphatic hydroxyl groups excluding tert-OH is 1. The Labute approximate surface area is 144 Å². The lowest BCUT2D eigenvalue weighted by Gasteiger charge is -2.41. The van der Waals surface area contributed by atoms with Gasteiger partial charge in [0.2, 0.25) is 10.0 Å². The molecule has 1 heterocycles. The van der Waals surface area contributed by atoms with Crippen molar-refractivity contribution in [1.82, 2.24) is 4.31 Å². The molecule has 2 aliphatic rings. The van der Waals surface area contributed by atoms with Crippen LogP contribution in [0.4, 0.5) is 0 Å². The van der Waals surface area contributed by atoms with E-state index in [9.17, 15) is 13.5 Å². The van der Waals surface area contributed by atoms with E-state index in [0.717, 1.165) is 49.8 Å². The Kier molecular flexibility index (Phi) is 4.91. The molecule has 1 aliphatic heterocycles. The van der Waals surface area contributed by atoms with Crippen molar-refractivity contribution in [3.8, 4) is 5.75 Å². The first-order chi connectivity index (χ1) is 11.4. The van der Waals surface area contributed by atoms with Crippen LogP contribution >= 0.6 is 0 Å². The van der Waals surface area contributed by atoms with Crippen LogP contribution in [0, 0.1) is 5.41 Å². The van der Waals surface area contributed by atoms with Crippen LogP contribution < -0.4 is 4.74 Å². The Morgan fingerprint density at radius 1 is 1.33 bits per heavy atom. The minimum atomic E-state index is -3.54. The standard InChI is InChI=1S/C18H27NO4S/c1-3-14-12-15(7-8-16(14)23-2)24(21,22)19-11-5-10-18(13-19)9-4-6-17(18)20/h7-8,12,17,20H,3-6,9-11,13H2,1-2H3/t17?,18-/m1/s1. The molecular formula is C18H27NO4S. The van der Waals surface area contributed by atoms with Gasteiger partial charge in [-0.3, -0.25) is 0 Å². The molecule has 1 aliphatic carbocycles. The van der Waals surface area contributed by atoms with Gasteiger partial charge >= 0.3 is 0 Å². The average Bonchev–Trinajstić information content (AvgIpc) is 2.94. The molecule has 0 amide bonds. The highest BCUT2D eigenvalue weighted by Gasteiger charge is 2.47. The van der Waals surface area contributed by atoms with E-state index in [0.29, 0.717) is 18.0 Å². The average molecular weight is 353 g/mol. The number of hydrogen-bond donors (Lipinski definition) is 1. The largest absolute Gasteiger partial charge is 0.496 e. The van der Waals surface area contributed by atoms with Gasteiger partial charge in [-0.1, -0.05) is 13.3 Å². The van der Waals surface area contributed by atoms with Gasteiger partial charge in [0.1, 0.15) is 5.75 Å². The Bertz CT molecular complexity index is 703. The van der Waals surface area contributed by atoms with Gasteiger partial charge in [0, 0.05) is 18.5 Å². The fourth-order valence-electron chi connectivity index (χ4n) is 4.26. The van der Waals surface area contributed by atoms with E-state index in [1.807, 2.05) is 6.92 Å². The second-order valence-electron chi connectivity index (χ2n) is 7.04. The molecule has 0 bridgehead atoms. The third-order valence-electron chi connectivity index (χ3n) is 5.70. The summed E-state index contributed by atoms with van der Waals surface area (Å²) in [5.74, 6) is 0.720. The molecule has 2 atom stereocenters. The van der Waals surface area contributed by atoms with Crippen LogP contribution in [0.1, 0.15) is 44.6 Å². The van der Waals surface area contributed by atoms with Crippen LogP contribution in [-0.2, 0) is 16.4 Å². The molecule has 6 heteroatoms. The number of ether oxygens (including phenoxy) is 1. The first kappa shape index (κ1) is 17.7. The van der Waals surface area contributed by atoms with E-state index < -0.39 is 10.0 Å². The van der Waals surface area contributed by atoms with Crippen molar-refractivity contribution in [2.75, 3.05) is 20.2 Å². The van der Waals surface area contributed by atoms with Crippen molar-refractivity contribution in [3.05, 3.63) is 23.8 Å². The van der Waals surface area contributed by atoms with Gasteiger partial charge in [0.15, 0.2) is 0 Å². The first-order valence-corrected chi connectivity index (χ1v) is 10.2. The molecule has 5 nitrogen and oxygen atoms in total. The van der Waals surface area contributed by atoms with Gasteiger partial charge < -0.3 is 9.84 Å². The molecule has 2 fully saturated rings. The summed E-state index contributed by atoms with van der Waals surface area (Å²) in [7, 11) is -1.94. The third kappa shape index (κ3) is 2.95. The summed E-state index contributed by atoms with van der Waals surface area (Å²) in [5, 5.41) is 10.4. The summed E-state index contributed by atoms with van der Waals surface area (Å²) in [5.41, 5.74) is 0.650. The van der Waals surface area contributed by atoms with Gasteiger partial charge in [-0.25, -0.2) is 8.42 Å². The van der Waals surface area contributed by atoms with E-state index in [4.69, 9.17) is 4.74 Å². The summed E-state index contributed by atoms with van der Waals surface area (Å²) in [6.45, 7) is 2.95. The highest BCUT2D eigenvalue weighted by molar-refractivity contribution is 7.89. The first-order valence-electron chi connectivity index (χ1n) is 8.78. The molecule has 1 aromatic rings. The highest BCUT2D eigenvalue weighted by atomic mass is 32.2. The lowest BCUT2D eigenvalue weighted by molar-refractivity contribution is 0.0127. The number of methoxy groups -OCH3 is 1. The number of nitrogens with zero attached hydrogens (tertiary/aromatic N) is 1. The Morgan fingerprint density at radius 2 is 2.08 bits per heavy atom. The number of hydrogen-bond acceptors (Lipinski definition) is 4. The molecule has 1 N–H and O–H groups in total. The normalized spacial score (nSPS) is 28.4. The Morgan fingerprint density at radius 3 is 2.71 bits per heavy atom. The quantitative estimate of drug-likeness (QED) is 0.903. The zero-order valence-electron chi connectivity index (χ0n) is 14.5. The summed E-state index contributed by atoms with van der Waals surface area (Å²) in [6.07, 6.45) is 4.76. The Hall–Kier alpha value is -1.11. The van der Waals surface area contributed by atoms with Gasteiger partial charge in [0.05, 0.1) is 18.1 Å². The minimum Gasteiger partial charge on any atom is -0.496 e. The van der Waals surface area contributed by atoms with Crippen molar-refractivity contribution >= 4 is 10.0 Å². The van der Waals surface area contributed by atoms with Crippen molar-refractivity contribution in [1.29, 1.82) is 0 Å². The maximum Gasteiger partial charge on any atom is 0.243 e. The van der Waals surface area contributed by atoms with E-state index >= 15 is 0 Å². The number of piperidine rings is 1. The SMILES string of the molecule is CCc1cc(S(=O)(=O)N2CCC[C@]3(CCCC3O)C2)ccc1OC. The van der Waals surface area contributed by atoms with Crippen molar-refractivity contribution < 1.29 is 18.3 Å². The molecule has 1 saturated heterocycles. The third-order valence-corrected chi connectivity index (χ3v) is 7.54. The smallest absolute Gasteiger partial charge is 0.243 e. The molecule has 3 rings (SSSR count). The Balaban J connectivity index is 1.90. The zero-order chi connectivity index (χ0) is 17.4. The van der Waals surface area contributed by atoms with Crippen molar-refractivity contribution in [3.63, 3.8) is 0 Å². The van der Waals surface area contributed by atoms with Crippen molar-refractivity contribution in [2.45, 2.75) is 56.4 Å². The molecule has 0 aromatic heterocycles. The van der Waals surface area contributed by atoms with Crippen molar-refractivity contribution in [2.24, 2.45) is 5.41 Å². The van der Waals surface area contributed by atoms with Crippen LogP contribution in [0.25, 0.3) is 0 Å². The van der Waals surface area contributed by atoms with E-state index in [1.165, 1.54) is 0 Å². The molecule has 0 radical (unpaired) electrons. The van der Waals surface area contributed by atoms with Gasteiger partial charge in [-0.2, -0.15) is 4.31 Å². The van der Waals surface area contributed by atoms with Crippen LogP contribution in [-0.4, -0.2) is 44.1 Å². The summed E-state index contributed by atoms with van der Waals surface area (Å²) >= 11 is 0. The summed E-state index contributed by atoms with van der Waals surface area (Å²) in [4.78, 5) is 0.324. The molecule has 1 saturated carbocycles. The predicted octanol–water partition coefficient (Wildman–Crippen LogP) is 2.57. The second kappa shape index (κ2) is 6.65. The van der Waals surface area contributed by atoms with Gasteiger partial charge in [-0.15, -0.1) is 0 Å². The fourth-order valence-corrected chi connectivity index (χ4v) is 5.88. The number of rotatable bonds is 4. The van der Waals surface area contributed by atoms with Gasteiger partial charge in [-0.05, 0) is 55.9 Å². The summed E-state index contributed by atoms with van der Waals surface area (Å²) in [6, 6.07) is 5.08. The monoisotopic (exact) mass is 353 g/mol. The predicted molar refractivity (Wildman–Crippen MR) is 92.7 cm³/mol. The molecule has 24 heavy (non-hydrogen) atoms. The zero-order valence-corrected chi connectivity index (χ0v) is 15.3. The lowest BCUT2D eigenvalue weighted by atomic mass is 9.77. The van der Waals surface area contributed by atoms with Crippen LogP contribution in [0.5, 0.6) is 5.75 Å². The highest BCUT2D eigenvalue weighted by Crippen LogP contribution is 2.46. The maximum absolute atomic E-state index is 13.1. The molecular weight excluding hydrogens is 326 g/mol. The molecule has 1 aromatic carbocycles. The second-order valence-corrected chi connectivity index (χ2v) is 8.98. The van der Waals surface area contributed by atoms with Crippen LogP contribution in [0.2, 0.25) is 0 Å². The number of aryl methyl sites for hydroxylation is 1. The number of aliphatic hydroxyl groups is 1. The van der Waals surface area contributed by atoms with Crippen LogP contribution in [0.15, 0.2) is 23.1 Å². The van der Waals surface area contributed by atoms with E-state index in [-0.39, 0.29) is 11.5 Å².